The van der Waals surface area contributed by atoms with Crippen molar-refractivity contribution < 1.29 is 9.53 Å². The second-order valence-electron chi connectivity index (χ2n) is 7.48. The van der Waals surface area contributed by atoms with E-state index in [4.69, 9.17) is 22.1 Å². The van der Waals surface area contributed by atoms with Crippen LogP contribution in [0.15, 0.2) is 24.3 Å². The Balaban J connectivity index is 2.14. The number of carbonyl (C=O) groups excluding carboxylic acids is 1. The summed E-state index contributed by atoms with van der Waals surface area (Å²) in [6, 6.07) is 8.15. The smallest absolute Gasteiger partial charge is 0.407 e. The number of hydrogen-bond donors (Lipinski definition) is 2. The second kappa shape index (κ2) is 7.10. The maximum absolute atomic E-state index is 12.0. The largest absolute Gasteiger partial charge is 0.444 e. The monoisotopic (exact) mass is 338 g/mol. The molecule has 4 nitrogen and oxygen atoms in total. The molecule has 0 unspecified atom stereocenters. The zero-order valence-corrected chi connectivity index (χ0v) is 15.0. The first-order chi connectivity index (χ1) is 10.7. The minimum absolute atomic E-state index is 0.127. The SMILES string of the molecule is CC(C)(C)OC(=O)NC[C@]1(c2cccc(Cl)c2)CC[C@@H](N)CC1. The molecule has 0 atom stereocenters. The number of hydrogen-bond acceptors (Lipinski definition) is 3. The first-order valence-corrected chi connectivity index (χ1v) is 8.56. The number of amides is 1. The van der Waals surface area contributed by atoms with Crippen LogP contribution in [0.4, 0.5) is 4.79 Å². The standard InChI is InChI=1S/C18H27ClN2O2/c1-17(2,3)23-16(22)21-12-18(9-7-15(20)8-10-18)13-5-4-6-14(19)11-13/h4-6,11,15H,7-10,12,20H2,1-3H3,(H,21,22)/t15-,18+. The maximum Gasteiger partial charge on any atom is 0.407 e. The van der Waals surface area contributed by atoms with E-state index in [0.717, 1.165) is 31.2 Å². The molecule has 0 bridgehead atoms. The van der Waals surface area contributed by atoms with Gasteiger partial charge in [-0.25, -0.2) is 4.79 Å². The summed E-state index contributed by atoms with van der Waals surface area (Å²) in [5.74, 6) is 0. The van der Waals surface area contributed by atoms with Crippen LogP contribution in [0.2, 0.25) is 5.02 Å². The van der Waals surface area contributed by atoms with Crippen LogP contribution in [0, 0.1) is 0 Å². The quantitative estimate of drug-likeness (QED) is 0.875. The lowest BCUT2D eigenvalue weighted by Crippen LogP contribution is -2.46. The molecular weight excluding hydrogens is 312 g/mol. The molecule has 23 heavy (non-hydrogen) atoms. The van der Waals surface area contributed by atoms with E-state index in [2.05, 4.69) is 11.4 Å². The Kier molecular flexibility index (Phi) is 5.58. The van der Waals surface area contributed by atoms with Crippen LogP contribution in [-0.2, 0) is 10.2 Å². The molecule has 1 fully saturated rings. The Labute approximate surface area is 143 Å². The third kappa shape index (κ3) is 5.11. The van der Waals surface area contributed by atoms with Gasteiger partial charge in [-0.3, -0.25) is 0 Å². The van der Waals surface area contributed by atoms with Crippen molar-refractivity contribution in [3.8, 4) is 0 Å². The molecule has 3 N–H and O–H groups in total. The normalized spacial score (nSPS) is 25.0. The predicted octanol–water partition coefficient (Wildman–Crippen LogP) is 4.00. The lowest BCUT2D eigenvalue weighted by Gasteiger charge is -2.40. The fraction of sp³-hybridized carbons (Fsp3) is 0.611. The van der Waals surface area contributed by atoms with Gasteiger partial charge in [-0.15, -0.1) is 0 Å². The number of nitrogens with two attached hydrogens (primary N) is 1. The number of ether oxygens (including phenoxy) is 1. The Hall–Kier alpha value is -1.26. The van der Waals surface area contributed by atoms with Gasteiger partial charge in [-0.05, 0) is 64.2 Å². The van der Waals surface area contributed by atoms with Crippen LogP contribution >= 0.6 is 11.6 Å². The van der Waals surface area contributed by atoms with Crippen LogP contribution in [0.1, 0.15) is 52.0 Å². The number of alkyl carbamates (subject to hydrolysis) is 1. The highest BCUT2D eigenvalue weighted by molar-refractivity contribution is 6.30. The zero-order chi connectivity index (χ0) is 17.1. The molecule has 1 aromatic rings. The van der Waals surface area contributed by atoms with Crippen LogP contribution in [0.5, 0.6) is 0 Å². The molecule has 0 spiro atoms. The molecule has 1 saturated carbocycles. The average Bonchev–Trinajstić information content (AvgIpc) is 2.45. The summed E-state index contributed by atoms with van der Waals surface area (Å²) in [6.07, 6.45) is 3.38. The minimum atomic E-state index is -0.498. The van der Waals surface area contributed by atoms with Gasteiger partial charge < -0.3 is 15.8 Å². The molecule has 2 rings (SSSR count). The third-order valence-electron chi connectivity index (χ3n) is 4.39. The van der Waals surface area contributed by atoms with Crippen molar-refractivity contribution >= 4 is 17.7 Å². The molecule has 1 amide bonds. The molecule has 0 aliphatic heterocycles. The van der Waals surface area contributed by atoms with E-state index in [9.17, 15) is 4.79 Å². The highest BCUT2D eigenvalue weighted by Gasteiger charge is 2.36. The summed E-state index contributed by atoms with van der Waals surface area (Å²) >= 11 is 6.17. The van der Waals surface area contributed by atoms with Crippen molar-refractivity contribution in [3.05, 3.63) is 34.9 Å². The van der Waals surface area contributed by atoms with Crippen molar-refractivity contribution in [1.29, 1.82) is 0 Å². The zero-order valence-electron chi connectivity index (χ0n) is 14.2. The number of rotatable bonds is 3. The second-order valence-corrected chi connectivity index (χ2v) is 7.92. The van der Waals surface area contributed by atoms with Gasteiger partial charge in [-0.2, -0.15) is 0 Å². The molecule has 128 valence electrons. The van der Waals surface area contributed by atoms with E-state index >= 15 is 0 Å². The molecule has 1 aromatic carbocycles. The molecule has 0 saturated heterocycles. The Morgan fingerprint density at radius 1 is 1.39 bits per heavy atom. The van der Waals surface area contributed by atoms with Gasteiger partial charge >= 0.3 is 6.09 Å². The summed E-state index contributed by atoms with van der Waals surface area (Å²) in [7, 11) is 0. The fourth-order valence-corrected chi connectivity index (χ4v) is 3.32. The van der Waals surface area contributed by atoms with E-state index in [0.29, 0.717) is 11.6 Å². The summed E-state index contributed by atoms with van der Waals surface area (Å²) in [4.78, 5) is 12.0. The Bertz CT molecular complexity index is 546. The van der Waals surface area contributed by atoms with E-state index in [1.807, 2.05) is 39.0 Å². The van der Waals surface area contributed by atoms with Crippen molar-refractivity contribution in [1.82, 2.24) is 5.32 Å². The molecule has 0 heterocycles. The average molecular weight is 339 g/mol. The van der Waals surface area contributed by atoms with E-state index < -0.39 is 5.60 Å². The number of carbonyl (C=O) groups is 1. The molecular formula is C18H27ClN2O2. The van der Waals surface area contributed by atoms with Gasteiger partial charge in [0.25, 0.3) is 0 Å². The molecule has 0 radical (unpaired) electrons. The van der Waals surface area contributed by atoms with E-state index in [1.54, 1.807) is 0 Å². The topological polar surface area (TPSA) is 64.3 Å². The highest BCUT2D eigenvalue weighted by Crippen LogP contribution is 2.39. The van der Waals surface area contributed by atoms with Crippen LogP contribution in [0.25, 0.3) is 0 Å². The first-order valence-electron chi connectivity index (χ1n) is 8.19. The third-order valence-corrected chi connectivity index (χ3v) is 4.63. The lowest BCUT2D eigenvalue weighted by atomic mass is 9.68. The molecule has 1 aliphatic carbocycles. The van der Waals surface area contributed by atoms with Gasteiger partial charge in [0, 0.05) is 23.0 Å². The summed E-state index contributed by atoms with van der Waals surface area (Å²) in [6.45, 7) is 6.12. The van der Waals surface area contributed by atoms with Crippen molar-refractivity contribution in [2.75, 3.05) is 6.54 Å². The Morgan fingerprint density at radius 2 is 2.04 bits per heavy atom. The maximum atomic E-state index is 12.0. The number of benzene rings is 1. The van der Waals surface area contributed by atoms with Crippen molar-refractivity contribution in [2.45, 2.75) is 63.5 Å². The lowest BCUT2D eigenvalue weighted by molar-refractivity contribution is 0.0507. The molecule has 5 heteroatoms. The predicted molar refractivity (Wildman–Crippen MR) is 93.8 cm³/mol. The van der Waals surface area contributed by atoms with Gasteiger partial charge in [0.1, 0.15) is 5.60 Å². The minimum Gasteiger partial charge on any atom is -0.444 e. The summed E-state index contributed by atoms with van der Waals surface area (Å²) in [5.41, 5.74) is 6.60. The van der Waals surface area contributed by atoms with E-state index in [1.165, 1.54) is 0 Å². The summed E-state index contributed by atoms with van der Waals surface area (Å²) < 4.78 is 5.35. The summed E-state index contributed by atoms with van der Waals surface area (Å²) in [5, 5.41) is 3.65. The van der Waals surface area contributed by atoms with Crippen LogP contribution in [-0.4, -0.2) is 24.3 Å². The van der Waals surface area contributed by atoms with Crippen molar-refractivity contribution in [2.24, 2.45) is 5.73 Å². The highest BCUT2D eigenvalue weighted by atomic mass is 35.5. The fourth-order valence-electron chi connectivity index (χ4n) is 3.13. The van der Waals surface area contributed by atoms with Crippen LogP contribution in [0.3, 0.4) is 0 Å². The van der Waals surface area contributed by atoms with Gasteiger partial charge in [0.15, 0.2) is 0 Å². The molecule has 1 aliphatic rings. The number of halogens is 1. The number of nitrogens with one attached hydrogen (secondary N) is 1. The van der Waals surface area contributed by atoms with Gasteiger partial charge in [0.2, 0.25) is 0 Å². The van der Waals surface area contributed by atoms with E-state index in [-0.39, 0.29) is 17.6 Å². The van der Waals surface area contributed by atoms with Gasteiger partial charge in [0.05, 0.1) is 0 Å². The first kappa shape index (κ1) is 18.1. The van der Waals surface area contributed by atoms with Crippen molar-refractivity contribution in [3.63, 3.8) is 0 Å². The van der Waals surface area contributed by atoms with Crippen LogP contribution < -0.4 is 11.1 Å². The Morgan fingerprint density at radius 3 is 2.61 bits per heavy atom. The molecule has 0 aromatic heterocycles. The van der Waals surface area contributed by atoms with Gasteiger partial charge in [-0.1, -0.05) is 23.7 Å².